The summed E-state index contributed by atoms with van der Waals surface area (Å²) < 4.78 is 6.38. The van der Waals surface area contributed by atoms with Crippen molar-refractivity contribution in [2.45, 2.75) is 83.3 Å². The van der Waals surface area contributed by atoms with Gasteiger partial charge in [-0.1, -0.05) is 58.8 Å². The second-order valence-corrected chi connectivity index (χ2v) is 6.19. The predicted molar refractivity (Wildman–Crippen MR) is 76.9 cm³/mol. The number of hydrogen-bond acceptors (Lipinski definition) is 2. The van der Waals surface area contributed by atoms with Crippen LogP contribution in [0.2, 0.25) is 0 Å². The lowest BCUT2D eigenvalue weighted by molar-refractivity contribution is -0.125. The Kier molecular flexibility index (Phi) is 5.50. The Morgan fingerprint density at radius 1 is 1.06 bits per heavy atom. The second kappa shape index (κ2) is 6.91. The van der Waals surface area contributed by atoms with E-state index in [0.29, 0.717) is 6.04 Å². The van der Waals surface area contributed by atoms with Gasteiger partial charge in [0.1, 0.15) is 0 Å². The first-order chi connectivity index (χ1) is 8.82. The van der Waals surface area contributed by atoms with E-state index in [4.69, 9.17) is 4.74 Å². The van der Waals surface area contributed by atoms with Crippen LogP contribution < -0.4 is 5.32 Å². The Labute approximate surface area is 113 Å². The first-order valence-corrected chi connectivity index (χ1v) is 8.19. The van der Waals surface area contributed by atoms with E-state index in [2.05, 4.69) is 19.2 Å². The monoisotopic (exact) mass is 253 g/mol. The Morgan fingerprint density at radius 2 is 1.67 bits per heavy atom. The highest BCUT2D eigenvalue weighted by Crippen LogP contribution is 2.38. The molecule has 1 saturated carbocycles. The van der Waals surface area contributed by atoms with Crippen LogP contribution in [0.1, 0.15) is 71.6 Å². The average molecular weight is 253 g/mol. The van der Waals surface area contributed by atoms with Crippen LogP contribution in [0.15, 0.2) is 0 Å². The highest BCUT2D eigenvalue weighted by atomic mass is 16.5. The van der Waals surface area contributed by atoms with Crippen molar-refractivity contribution < 1.29 is 4.74 Å². The summed E-state index contributed by atoms with van der Waals surface area (Å²) in [6.07, 6.45) is 12.1. The molecule has 0 aromatic carbocycles. The molecule has 2 nitrogen and oxygen atoms in total. The van der Waals surface area contributed by atoms with Gasteiger partial charge >= 0.3 is 0 Å². The lowest BCUT2D eigenvalue weighted by Crippen LogP contribution is -2.61. The molecule has 1 aliphatic heterocycles. The standard InChI is InChI=1S/C16H31NO/c1-3-14(4-2)15-16(18-13-12-17-15)10-8-6-5-7-9-11-16/h14-15,17H,3-13H2,1-2H3. The maximum atomic E-state index is 6.38. The first-order valence-electron chi connectivity index (χ1n) is 8.19. The zero-order valence-electron chi connectivity index (χ0n) is 12.3. The second-order valence-electron chi connectivity index (χ2n) is 6.19. The van der Waals surface area contributed by atoms with Crippen molar-refractivity contribution in [3.8, 4) is 0 Å². The average Bonchev–Trinajstić information content (AvgIpc) is 2.37. The molecule has 2 heteroatoms. The van der Waals surface area contributed by atoms with Gasteiger partial charge in [0, 0.05) is 12.6 Å². The minimum Gasteiger partial charge on any atom is -0.372 e. The molecule has 1 N–H and O–H groups in total. The number of rotatable bonds is 3. The topological polar surface area (TPSA) is 21.3 Å². The van der Waals surface area contributed by atoms with Crippen molar-refractivity contribution >= 4 is 0 Å². The molecule has 1 spiro atoms. The molecule has 1 atom stereocenters. The number of morpholine rings is 1. The lowest BCUT2D eigenvalue weighted by Gasteiger charge is -2.48. The fourth-order valence-corrected chi connectivity index (χ4v) is 4.06. The van der Waals surface area contributed by atoms with Gasteiger partial charge in [-0.2, -0.15) is 0 Å². The fourth-order valence-electron chi connectivity index (χ4n) is 4.06. The van der Waals surface area contributed by atoms with E-state index in [1.54, 1.807) is 0 Å². The van der Waals surface area contributed by atoms with Gasteiger partial charge in [-0.15, -0.1) is 0 Å². The Hall–Kier alpha value is -0.0800. The molecule has 1 unspecified atom stereocenters. The zero-order chi connectivity index (χ0) is 12.8. The molecule has 0 amide bonds. The third kappa shape index (κ3) is 3.08. The highest BCUT2D eigenvalue weighted by molar-refractivity contribution is 4.99. The van der Waals surface area contributed by atoms with Crippen LogP contribution in [0.5, 0.6) is 0 Å². The molecule has 1 aliphatic carbocycles. The molecule has 2 fully saturated rings. The SMILES string of the molecule is CCC(CC)C1NCCOC12CCCCCCC2. The molecular formula is C16H31NO. The maximum Gasteiger partial charge on any atom is 0.0838 e. The fraction of sp³-hybridized carbons (Fsp3) is 1.00. The van der Waals surface area contributed by atoms with Crippen molar-refractivity contribution in [1.29, 1.82) is 0 Å². The normalized spacial score (nSPS) is 29.2. The van der Waals surface area contributed by atoms with Crippen LogP contribution in [0.4, 0.5) is 0 Å². The van der Waals surface area contributed by atoms with E-state index in [1.165, 1.54) is 57.8 Å². The molecule has 0 radical (unpaired) electrons. The van der Waals surface area contributed by atoms with E-state index >= 15 is 0 Å². The van der Waals surface area contributed by atoms with Gasteiger partial charge in [0.2, 0.25) is 0 Å². The lowest BCUT2D eigenvalue weighted by atomic mass is 9.74. The van der Waals surface area contributed by atoms with Crippen LogP contribution in [0.3, 0.4) is 0 Å². The molecule has 0 bridgehead atoms. The van der Waals surface area contributed by atoms with Crippen LogP contribution in [0.25, 0.3) is 0 Å². The van der Waals surface area contributed by atoms with Gasteiger partial charge in [-0.3, -0.25) is 0 Å². The summed E-state index contributed by atoms with van der Waals surface area (Å²) in [5.74, 6) is 0.782. The summed E-state index contributed by atoms with van der Waals surface area (Å²) in [6.45, 7) is 6.63. The minimum atomic E-state index is 0.162. The van der Waals surface area contributed by atoms with E-state index in [9.17, 15) is 0 Å². The minimum absolute atomic E-state index is 0.162. The van der Waals surface area contributed by atoms with Crippen molar-refractivity contribution in [3.63, 3.8) is 0 Å². The number of ether oxygens (including phenoxy) is 1. The van der Waals surface area contributed by atoms with Gasteiger partial charge < -0.3 is 10.1 Å². The van der Waals surface area contributed by atoms with E-state index in [-0.39, 0.29) is 5.60 Å². The van der Waals surface area contributed by atoms with Crippen molar-refractivity contribution in [2.75, 3.05) is 13.2 Å². The number of hydrogen-bond donors (Lipinski definition) is 1. The Bertz CT molecular complexity index is 229. The maximum absolute atomic E-state index is 6.38. The first kappa shape index (κ1) is 14.3. The molecule has 2 rings (SSSR count). The van der Waals surface area contributed by atoms with Gasteiger partial charge in [0.25, 0.3) is 0 Å². The molecule has 2 aliphatic rings. The summed E-state index contributed by atoms with van der Waals surface area (Å²) in [5.41, 5.74) is 0.162. The molecule has 0 aromatic heterocycles. The molecular weight excluding hydrogens is 222 g/mol. The van der Waals surface area contributed by atoms with Crippen LogP contribution >= 0.6 is 0 Å². The van der Waals surface area contributed by atoms with Gasteiger partial charge in [0.05, 0.1) is 12.2 Å². The Balaban J connectivity index is 2.12. The van der Waals surface area contributed by atoms with Crippen LogP contribution in [0, 0.1) is 5.92 Å². The molecule has 1 heterocycles. The largest absolute Gasteiger partial charge is 0.372 e. The van der Waals surface area contributed by atoms with Crippen LogP contribution in [-0.2, 0) is 4.74 Å². The quantitative estimate of drug-likeness (QED) is 0.824. The van der Waals surface area contributed by atoms with Crippen LogP contribution in [-0.4, -0.2) is 24.8 Å². The summed E-state index contributed by atoms with van der Waals surface area (Å²) in [5, 5.41) is 3.80. The van der Waals surface area contributed by atoms with Crippen molar-refractivity contribution in [1.82, 2.24) is 5.32 Å². The van der Waals surface area contributed by atoms with Gasteiger partial charge in [0.15, 0.2) is 0 Å². The third-order valence-electron chi connectivity index (χ3n) is 5.14. The van der Waals surface area contributed by atoms with E-state index < -0.39 is 0 Å². The Morgan fingerprint density at radius 3 is 2.28 bits per heavy atom. The summed E-state index contributed by atoms with van der Waals surface area (Å²) in [6, 6.07) is 0.597. The number of nitrogens with one attached hydrogen (secondary N) is 1. The summed E-state index contributed by atoms with van der Waals surface area (Å²) in [4.78, 5) is 0. The molecule has 1 saturated heterocycles. The molecule has 18 heavy (non-hydrogen) atoms. The van der Waals surface area contributed by atoms with E-state index in [1.807, 2.05) is 0 Å². The van der Waals surface area contributed by atoms with Crippen molar-refractivity contribution in [3.05, 3.63) is 0 Å². The molecule has 106 valence electrons. The molecule has 0 aromatic rings. The van der Waals surface area contributed by atoms with Gasteiger partial charge in [-0.25, -0.2) is 0 Å². The van der Waals surface area contributed by atoms with Gasteiger partial charge in [-0.05, 0) is 18.8 Å². The zero-order valence-corrected chi connectivity index (χ0v) is 12.3. The summed E-state index contributed by atoms with van der Waals surface area (Å²) >= 11 is 0. The van der Waals surface area contributed by atoms with Crippen molar-refractivity contribution in [2.24, 2.45) is 5.92 Å². The predicted octanol–water partition coefficient (Wildman–Crippen LogP) is 3.89. The third-order valence-corrected chi connectivity index (χ3v) is 5.14. The summed E-state index contributed by atoms with van der Waals surface area (Å²) in [7, 11) is 0. The van der Waals surface area contributed by atoms with E-state index in [0.717, 1.165) is 19.1 Å². The smallest absolute Gasteiger partial charge is 0.0838 e. The highest BCUT2D eigenvalue weighted by Gasteiger charge is 2.44.